The van der Waals surface area contributed by atoms with Gasteiger partial charge in [-0.2, -0.15) is 0 Å². The van der Waals surface area contributed by atoms with Crippen LogP contribution in [0.2, 0.25) is 0 Å². The van der Waals surface area contributed by atoms with E-state index in [1.54, 1.807) is 0 Å². The number of ether oxygens (including phenoxy) is 3. The molecule has 6 heteroatoms. The Hall–Kier alpha value is -1.59. The van der Waals surface area contributed by atoms with E-state index in [0.29, 0.717) is 19.3 Å². The standard InChI is InChI=1S/C45H86O6/c1-7-41(6)33-27-21-17-18-23-29-35-44(47)50-38-42(51-45(48)36-30-24-16-12-14-20-26-32-40(4)5)37-49-43(46)34-28-22-15-11-9-8-10-13-19-25-31-39(2)3/h39-42H,7-38H2,1-6H3/t41?,42-/m0/s1. The summed E-state index contributed by atoms with van der Waals surface area (Å²) in [4.78, 5) is 37.6. The Balaban J connectivity index is 4.35. The normalized spacial score (nSPS) is 12.7. The summed E-state index contributed by atoms with van der Waals surface area (Å²) in [5.74, 6) is 1.54. The average Bonchev–Trinajstić information content (AvgIpc) is 3.09. The van der Waals surface area contributed by atoms with E-state index in [0.717, 1.165) is 75.5 Å². The molecule has 0 heterocycles. The molecule has 0 aromatic carbocycles. The van der Waals surface area contributed by atoms with Crippen LogP contribution in [-0.4, -0.2) is 37.2 Å². The van der Waals surface area contributed by atoms with E-state index in [1.165, 1.54) is 116 Å². The second kappa shape index (κ2) is 36.8. The van der Waals surface area contributed by atoms with Crippen molar-refractivity contribution in [2.24, 2.45) is 17.8 Å². The van der Waals surface area contributed by atoms with Crippen LogP contribution >= 0.6 is 0 Å². The van der Waals surface area contributed by atoms with Crippen molar-refractivity contribution >= 4 is 17.9 Å². The molecule has 0 amide bonds. The first-order chi connectivity index (χ1) is 24.6. The van der Waals surface area contributed by atoms with Gasteiger partial charge in [0, 0.05) is 19.3 Å². The first kappa shape index (κ1) is 49.4. The Morgan fingerprint density at radius 2 is 0.686 bits per heavy atom. The number of hydrogen-bond acceptors (Lipinski definition) is 6. The fourth-order valence-corrected chi connectivity index (χ4v) is 6.49. The first-order valence-electron chi connectivity index (χ1n) is 22.1. The maximum atomic E-state index is 12.7. The van der Waals surface area contributed by atoms with Gasteiger partial charge >= 0.3 is 17.9 Å². The largest absolute Gasteiger partial charge is 0.462 e. The molecule has 0 aliphatic heterocycles. The third kappa shape index (κ3) is 38.0. The summed E-state index contributed by atoms with van der Waals surface area (Å²) in [6.07, 6.45) is 32.4. The minimum atomic E-state index is -0.762. The van der Waals surface area contributed by atoms with Crippen molar-refractivity contribution < 1.29 is 28.6 Å². The summed E-state index contributed by atoms with van der Waals surface area (Å²) in [5.41, 5.74) is 0. The van der Waals surface area contributed by atoms with Gasteiger partial charge in [-0.25, -0.2) is 0 Å². The van der Waals surface area contributed by atoms with E-state index < -0.39 is 6.10 Å². The van der Waals surface area contributed by atoms with Crippen LogP contribution in [0.5, 0.6) is 0 Å². The van der Waals surface area contributed by atoms with Crippen LogP contribution in [-0.2, 0) is 28.6 Å². The van der Waals surface area contributed by atoms with Gasteiger partial charge in [0.2, 0.25) is 0 Å². The van der Waals surface area contributed by atoms with E-state index in [-0.39, 0.29) is 31.1 Å². The van der Waals surface area contributed by atoms with Gasteiger partial charge < -0.3 is 14.2 Å². The molecule has 0 spiro atoms. The molecule has 0 saturated carbocycles. The Bertz CT molecular complexity index is 794. The van der Waals surface area contributed by atoms with Gasteiger partial charge in [-0.15, -0.1) is 0 Å². The molecule has 0 saturated heterocycles. The van der Waals surface area contributed by atoms with Crippen molar-refractivity contribution in [3.8, 4) is 0 Å². The molecule has 51 heavy (non-hydrogen) atoms. The van der Waals surface area contributed by atoms with Crippen LogP contribution in [0.3, 0.4) is 0 Å². The lowest BCUT2D eigenvalue weighted by molar-refractivity contribution is -0.167. The van der Waals surface area contributed by atoms with Crippen LogP contribution in [0.4, 0.5) is 0 Å². The van der Waals surface area contributed by atoms with Crippen molar-refractivity contribution in [2.45, 2.75) is 240 Å². The van der Waals surface area contributed by atoms with Crippen molar-refractivity contribution in [3.05, 3.63) is 0 Å². The van der Waals surface area contributed by atoms with Crippen LogP contribution in [0.25, 0.3) is 0 Å². The van der Waals surface area contributed by atoms with Crippen molar-refractivity contribution in [1.82, 2.24) is 0 Å². The third-order valence-corrected chi connectivity index (χ3v) is 10.3. The molecule has 0 bridgehead atoms. The number of carbonyl (C=O) groups excluding carboxylic acids is 3. The van der Waals surface area contributed by atoms with Crippen molar-refractivity contribution in [1.29, 1.82) is 0 Å². The zero-order chi connectivity index (χ0) is 37.8. The maximum absolute atomic E-state index is 12.7. The summed E-state index contributed by atoms with van der Waals surface area (Å²) < 4.78 is 16.7. The molecule has 2 atom stereocenters. The Labute approximate surface area is 317 Å². The van der Waals surface area contributed by atoms with Gasteiger partial charge in [0.25, 0.3) is 0 Å². The second-order valence-electron chi connectivity index (χ2n) is 16.5. The molecule has 0 aromatic rings. The van der Waals surface area contributed by atoms with Crippen LogP contribution in [0.15, 0.2) is 0 Å². The van der Waals surface area contributed by atoms with Gasteiger partial charge in [0.15, 0.2) is 6.10 Å². The molecule has 302 valence electrons. The molecular weight excluding hydrogens is 636 g/mol. The summed E-state index contributed by atoms with van der Waals surface area (Å²) in [6.45, 7) is 13.6. The average molecular weight is 723 g/mol. The van der Waals surface area contributed by atoms with E-state index in [9.17, 15) is 14.4 Å². The first-order valence-corrected chi connectivity index (χ1v) is 22.1. The molecule has 0 rings (SSSR count). The molecule has 0 aliphatic rings. The SMILES string of the molecule is CCC(C)CCCCCCCCC(=O)OC[C@H](COC(=O)CCCCCCCCCCCCC(C)C)OC(=O)CCCCCCCCCC(C)C. The van der Waals surface area contributed by atoms with Crippen LogP contribution < -0.4 is 0 Å². The van der Waals surface area contributed by atoms with Crippen molar-refractivity contribution in [2.75, 3.05) is 13.2 Å². The van der Waals surface area contributed by atoms with Gasteiger partial charge in [-0.3, -0.25) is 14.4 Å². The van der Waals surface area contributed by atoms with Gasteiger partial charge in [0.1, 0.15) is 13.2 Å². The zero-order valence-corrected chi connectivity index (χ0v) is 34.9. The van der Waals surface area contributed by atoms with E-state index in [1.807, 2.05) is 0 Å². The topological polar surface area (TPSA) is 78.9 Å². The summed E-state index contributed by atoms with van der Waals surface area (Å²) in [6, 6.07) is 0. The summed E-state index contributed by atoms with van der Waals surface area (Å²) in [5, 5.41) is 0. The lowest BCUT2D eigenvalue weighted by atomic mass is 10.00. The predicted molar refractivity (Wildman–Crippen MR) is 215 cm³/mol. The Kier molecular flexibility index (Phi) is 35.6. The van der Waals surface area contributed by atoms with Crippen molar-refractivity contribution in [3.63, 3.8) is 0 Å². The number of carbonyl (C=O) groups is 3. The highest BCUT2D eigenvalue weighted by Crippen LogP contribution is 2.17. The summed E-state index contributed by atoms with van der Waals surface area (Å²) in [7, 11) is 0. The number of esters is 3. The smallest absolute Gasteiger partial charge is 0.306 e. The number of rotatable bonds is 38. The van der Waals surface area contributed by atoms with Gasteiger partial charge in [-0.1, -0.05) is 196 Å². The zero-order valence-electron chi connectivity index (χ0n) is 34.9. The molecule has 0 fully saturated rings. The minimum absolute atomic E-state index is 0.0674. The highest BCUT2D eigenvalue weighted by atomic mass is 16.6. The van der Waals surface area contributed by atoms with E-state index in [4.69, 9.17) is 14.2 Å². The molecular formula is C45H86O6. The molecule has 0 aliphatic carbocycles. The minimum Gasteiger partial charge on any atom is -0.462 e. The molecule has 1 unspecified atom stereocenters. The highest BCUT2D eigenvalue weighted by molar-refractivity contribution is 5.71. The van der Waals surface area contributed by atoms with Crippen LogP contribution in [0, 0.1) is 17.8 Å². The molecule has 0 radical (unpaired) electrons. The fourth-order valence-electron chi connectivity index (χ4n) is 6.49. The lowest BCUT2D eigenvalue weighted by Crippen LogP contribution is -2.30. The predicted octanol–water partition coefficient (Wildman–Crippen LogP) is 13.7. The molecule has 0 N–H and O–H groups in total. The molecule has 6 nitrogen and oxygen atoms in total. The third-order valence-electron chi connectivity index (χ3n) is 10.3. The maximum Gasteiger partial charge on any atom is 0.306 e. The number of hydrogen-bond donors (Lipinski definition) is 0. The van der Waals surface area contributed by atoms with Gasteiger partial charge in [-0.05, 0) is 37.0 Å². The summed E-state index contributed by atoms with van der Waals surface area (Å²) >= 11 is 0. The Morgan fingerprint density at radius 3 is 1.02 bits per heavy atom. The highest BCUT2D eigenvalue weighted by Gasteiger charge is 2.19. The fraction of sp³-hybridized carbons (Fsp3) is 0.933. The quantitative estimate of drug-likeness (QED) is 0.0359. The second-order valence-corrected chi connectivity index (χ2v) is 16.5. The van der Waals surface area contributed by atoms with Crippen LogP contribution in [0.1, 0.15) is 234 Å². The van der Waals surface area contributed by atoms with E-state index in [2.05, 4.69) is 41.5 Å². The molecule has 0 aromatic heterocycles. The van der Waals surface area contributed by atoms with Gasteiger partial charge in [0.05, 0.1) is 0 Å². The number of unbranched alkanes of at least 4 members (excludes halogenated alkanes) is 20. The Morgan fingerprint density at radius 1 is 0.392 bits per heavy atom. The lowest BCUT2D eigenvalue weighted by Gasteiger charge is -2.18. The monoisotopic (exact) mass is 723 g/mol. The van der Waals surface area contributed by atoms with E-state index >= 15 is 0 Å².